The Morgan fingerprint density at radius 1 is 0.213 bits per heavy atom. The summed E-state index contributed by atoms with van der Waals surface area (Å²) in [6.07, 6.45) is 0. The number of furan rings is 1. The van der Waals surface area contributed by atoms with Gasteiger partial charge in [-0.1, -0.05) is 48.5 Å². The molecule has 9 rings (SSSR count). The molecule has 0 aliphatic rings. The first-order valence-electron chi connectivity index (χ1n) is 17.3. The van der Waals surface area contributed by atoms with Crippen LogP contribution in [-0.4, -0.2) is 91.9 Å². The maximum absolute atomic E-state index is 12.0. The summed E-state index contributed by atoms with van der Waals surface area (Å²) in [7, 11) is 0. The molecule has 1 heterocycles. The number of rotatable bonds is 3. The Balaban J connectivity index is 1.39. The van der Waals surface area contributed by atoms with Gasteiger partial charge in [0.15, 0.2) is 80.2 Å². The van der Waals surface area contributed by atoms with Crippen molar-refractivity contribution < 1.29 is 96.3 Å². The largest absolute Gasteiger partial charge is 0.506 e. The molecule has 0 aliphatic carbocycles. The Bertz CT molecular complexity index is 3400. The van der Waals surface area contributed by atoms with Gasteiger partial charge >= 0.3 is 0 Å². The van der Waals surface area contributed by atoms with Crippen molar-refractivity contribution in [2.24, 2.45) is 0 Å². The van der Waals surface area contributed by atoms with Crippen molar-refractivity contribution >= 4 is 54.3 Å². The first-order valence-corrected chi connectivity index (χ1v) is 17.3. The maximum Gasteiger partial charge on any atom is 0.208 e. The van der Waals surface area contributed by atoms with Crippen LogP contribution in [0.2, 0.25) is 0 Å². The molecule has 61 heavy (non-hydrogen) atoms. The normalized spacial score (nSPS) is 11.8. The Morgan fingerprint density at radius 3 is 0.869 bits per heavy atom. The molecule has 0 aliphatic heterocycles. The minimum atomic E-state index is -1.40. The molecule has 0 atom stereocenters. The van der Waals surface area contributed by atoms with E-state index >= 15 is 0 Å². The van der Waals surface area contributed by atoms with Gasteiger partial charge < -0.3 is 96.3 Å². The number of fused-ring (bicyclic) bond motifs is 6. The second kappa shape index (κ2) is 12.1. The third-order valence-electron chi connectivity index (χ3n) is 10.8. The average molecular weight is 835 g/mol. The monoisotopic (exact) mass is 834 g/mol. The van der Waals surface area contributed by atoms with Crippen LogP contribution in [0.15, 0.2) is 52.9 Å². The van der Waals surface area contributed by atoms with Gasteiger partial charge in [0.05, 0.1) is 43.8 Å². The van der Waals surface area contributed by atoms with Crippen molar-refractivity contribution in [3.05, 3.63) is 48.5 Å². The highest BCUT2D eigenvalue weighted by molar-refractivity contribution is 6.28. The van der Waals surface area contributed by atoms with Crippen molar-refractivity contribution in [3.8, 4) is 137 Å². The maximum atomic E-state index is 12.0. The Kier molecular flexibility index (Phi) is 7.42. The van der Waals surface area contributed by atoms with E-state index in [1.807, 2.05) is 0 Å². The Morgan fingerprint density at radius 2 is 0.459 bits per heavy atom. The molecule has 0 saturated heterocycles. The highest BCUT2D eigenvalue weighted by Crippen LogP contribution is 2.65. The van der Waals surface area contributed by atoms with Gasteiger partial charge in [0.1, 0.15) is 5.75 Å². The number of hydrogen-bond donors (Lipinski definition) is 18. The fraction of sp³-hybridized carbons (Fsp3) is 0. The number of phenolic OH excluding ortho intramolecular Hbond substituents is 18. The summed E-state index contributed by atoms with van der Waals surface area (Å²) < 4.78 is 5.76. The first kappa shape index (κ1) is 37.3. The van der Waals surface area contributed by atoms with Crippen molar-refractivity contribution in [2.75, 3.05) is 0 Å². The quantitative estimate of drug-likeness (QED) is 0.0497. The van der Waals surface area contributed by atoms with E-state index in [0.717, 1.165) is 0 Å². The van der Waals surface area contributed by atoms with Crippen molar-refractivity contribution in [1.82, 2.24) is 0 Å². The lowest BCUT2D eigenvalue weighted by Gasteiger charge is -2.22. The van der Waals surface area contributed by atoms with Crippen LogP contribution in [-0.2, 0) is 0 Å². The number of phenols is 18. The second-order valence-corrected chi connectivity index (χ2v) is 13.9. The van der Waals surface area contributed by atoms with E-state index in [-0.39, 0.29) is 32.7 Å². The summed E-state index contributed by atoms with van der Waals surface area (Å²) in [5.41, 5.74) is -5.05. The van der Waals surface area contributed by atoms with Crippen LogP contribution in [0, 0.1) is 0 Å². The number of benzene rings is 8. The van der Waals surface area contributed by atoms with Gasteiger partial charge in [0.25, 0.3) is 0 Å². The highest BCUT2D eigenvalue weighted by Gasteiger charge is 2.36. The molecule has 19 heteroatoms. The fourth-order valence-corrected chi connectivity index (χ4v) is 8.07. The molecule has 0 spiro atoms. The lowest BCUT2D eigenvalue weighted by Crippen LogP contribution is -1.94. The molecule has 0 amide bonds. The molecule has 0 bridgehead atoms. The molecule has 19 nitrogen and oxygen atoms in total. The van der Waals surface area contributed by atoms with Crippen LogP contribution in [0.25, 0.3) is 87.6 Å². The van der Waals surface area contributed by atoms with Gasteiger partial charge in [-0.25, -0.2) is 0 Å². The lowest BCUT2D eigenvalue weighted by atomic mass is 9.83. The van der Waals surface area contributed by atoms with Gasteiger partial charge in [-0.05, 0) is 21.5 Å². The molecule has 0 fully saturated rings. The molecule has 0 radical (unpaired) electrons. The summed E-state index contributed by atoms with van der Waals surface area (Å²) in [4.78, 5) is 0. The zero-order chi connectivity index (χ0) is 44.0. The fourth-order valence-electron chi connectivity index (χ4n) is 8.07. The number of aromatic hydroxyl groups is 18. The topological polar surface area (TPSA) is 377 Å². The number of hydrogen-bond acceptors (Lipinski definition) is 19. The van der Waals surface area contributed by atoms with E-state index in [2.05, 4.69) is 0 Å². The van der Waals surface area contributed by atoms with E-state index in [9.17, 15) is 91.9 Å². The molecule has 0 unspecified atom stereocenters. The van der Waals surface area contributed by atoms with E-state index < -0.39 is 158 Å². The molecule has 9 aromatic rings. The van der Waals surface area contributed by atoms with E-state index in [4.69, 9.17) is 4.42 Å². The minimum absolute atomic E-state index is 0.0501. The van der Waals surface area contributed by atoms with E-state index in [1.165, 1.54) is 48.5 Å². The van der Waals surface area contributed by atoms with Gasteiger partial charge in [-0.15, -0.1) is 0 Å². The van der Waals surface area contributed by atoms with Gasteiger partial charge in [-0.2, -0.15) is 0 Å². The van der Waals surface area contributed by atoms with Crippen LogP contribution < -0.4 is 0 Å². The predicted octanol–water partition coefficient (Wildman–Crippen LogP) is 6.75. The summed E-state index contributed by atoms with van der Waals surface area (Å²) in [6.45, 7) is 0. The summed E-state index contributed by atoms with van der Waals surface area (Å²) in [5, 5.41) is 194. The van der Waals surface area contributed by atoms with E-state index in [1.54, 1.807) is 0 Å². The van der Waals surface area contributed by atoms with Crippen molar-refractivity contribution in [2.45, 2.75) is 0 Å². The van der Waals surface area contributed by atoms with E-state index in [0.29, 0.717) is 0 Å². The summed E-state index contributed by atoms with van der Waals surface area (Å²) in [6, 6.07) is 11.7. The van der Waals surface area contributed by atoms with Crippen LogP contribution in [0.1, 0.15) is 0 Å². The van der Waals surface area contributed by atoms with Gasteiger partial charge in [0, 0.05) is 11.1 Å². The van der Waals surface area contributed by atoms with Crippen molar-refractivity contribution in [3.63, 3.8) is 0 Å². The summed E-state index contributed by atoms with van der Waals surface area (Å²) >= 11 is 0. The molecule has 1 aromatic heterocycles. The third kappa shape index (κ3) is 4.44. The van der Waals surface area contributed by atoms with Crippen LogP contribution in [0.3, 0.4) is 0 Å². The van der Waals surface area contributed by atoms with Gasteiger partial charge in [-0.3, -0.25) is 0 Å². The minimum Gasteiger partial charge on any atom is -0.506 e. The zero-order valence-electron chi connectivity index (χ0n) is 30.1. The zero-order valence-corrected chi connectivity index (χ0v) is 30.1. The molecular weight excluding hydrogens is 808 g/mol. The average Bonchev–Trinajstić information content (AvgIpc) is 3.67. The molecule has 0 saturated carbocycles. The van der Waals surface area contributed by atoms with Gasteiger partial charge in [0.2, 0.25) is 28.7 Å². The molecule has 8 aromatic carbocycles. The second-order valence-electron chi connectivity index (χ2n) is 13.9. The van der Waals surface area contributed by atoms with Crippen LogP contribution in [0.4, 0.5) is 0 Å². The standard InChI is InChI=1S/C42H26O19/c43-23-17-20(32(52)37(57)36(56)29(17)49)35(55)41-21(23)22-33(53)26(46)16(34(54)42(22)61-41)14-11-7-3-1-5-9(11)13(10-6-2-4-8-12(10)14)15-24(44)27(47)18(28(48)25(15)45)19-30(50)38(58)40(60)39(59)31(19)51/h1-8,43-60H. The highest BCUT2D eigenvalue weighted by atomic mass is 16.4. The molecule has 308 valence electrons. The Labute approximate surface area is 335 Å². The lowest BCUT2D eigenvalue weighted by molar-refractivity contribution is 0.329. The third-order valence-corrected chi connectivity index (χ3v) is 10.8. The van der Waals surface area contributed by atoms with Crippen LogP contribution >= 0.6 is 0 Å². The van der Waals surface area contributed by atoms with Crippen molar-refractivity contribution in [1.29, 1.82) is 0 Å². The van der Waals surface area contributed by atoms with Crippen LogP contribution in [0.5, 0.6) is 103 Å². The first-order chi connectivity index (χ1) is 28.8. The SMILES string of the molecule is Oc1c(O)c(O)c(-c2c(O)c(O)c(-c3c4ccccc4c(-c4c(O)c(O)c5c(oc6c(O)c7c(O)c(O)c(O)c(O)c7c(O)c65)c4O)c4ccccc34)c(O)c2O)c(O)c1O. The predicted molar refractivity (Wildman–Crippen MR) is 213 cm³/mol. The smallest absolute Gasteiger partial charge is 0.208 e. The Hall–Kier alpha value is -9.26. The molecule has 18 N–H and O–H groups in total. The summed E-state index contributed by atoms with van der Waals surface area (Å²) in [5.74, 6) is -22.1. The molecular formula is C42H26O19.